The van der Waals surface area contributed by atoms with Gasteiger partial charge in [-0.2, -0.15) is 0 Å². The van der Waals surface area contributed by atoms with E-state index < -0.39 is 0 Å². The molecule has 4 nitrogen and oxygen atoms in total. The lowest BCUT2D eigenvalue weighted by Crippen LogP contribution is -2.13. The number of aromatic hydroxyl groups is 1. The topological polar surface area (TPSA) is 50.1 Å². The van der Waals surface area contributed by atoms with Crippen LogP contribution >= 0.6 is 15.9 Å². The molecule has 0 spiro atoms. The maximum Gasteiger partial charge on any atom is 0.117 e. The molecule has 0 fully saturated rings. The minimum atomic E-state index is 0.273. The number of halogens is 1. The Hall–Kier alpha value is -1.33. The number of aromatic nitrogens is 2. The maximum absolute atomic E-state index is 9.50. The molecule has 102 valence electrons. The van der Waals surface area contributed by atoms with E-state index >= 15 is 0 Å². The van der Waals surface area contributed by atoms with Crippen molar-refractivity contribution >= 4 is 15.9 Å². The molecule has 0 radical (unpaired) electrons. The number of hydrogen-bond acceptors (Lipinski definition) is 3. The highest BCUT2D eigenvalue weighted by Crippen LogP contribution is 2.20. The fourth-order valence-corrected chi connectivity index (χ4v) is 2.35. The smallest absolute Gasteiger partial charge is 0.117 e. The monoisotopic (exact) mass is 323 g/mol. The second-order valence-electron chi connectivity index (χ2n) is 4.83. The maximum atomic E-state index is 9.50. The van der Waals surface area contributed by atoms with Crippen LogP contribution in [0.1, 0.15) is 31.1 Å². The van der Waals surface area contributed by atoms with Crippen LogP contribution in [0.25, 0.3) is 0 Å². The normalized spacial score (nSPS) is 11.2. The van der Waals surface area contributed by atoms with Gasteiger partial charge in [-0.25, -0.2) is 4.98 Å². The Labute approximate surface area is 121 Å². The summed E-state index contributed by atoms with van der Waals surface area (Å²) in [4.78, 5) is 4.35. The van der Waals surface area contributed by atoms with Gasteiger partial charge in [-0.05, 0) is 37.6 Å². The third-order valence-corrected chi connectivity index (χ3v) is 3.29. The summed E-state index contributed by atoms with van der Waals surface area (Å²) < 4.78 is 2.97. The van der Waals surface area contributed by atoms with E-state index in [1.807, 2.05) is 12.4 Å². The molecule has 2 N–H and O–H groups in total. The lowest BCUT2D eigenvalue weighted by Gasteiger charge is -2.05. The summed E-state index contributed by atoms with van der Waals surface area (Å²) in [5, 5.41) is 12.8. The fraction of sp³-hybridized carbons (Fsp3) is 0.357. The zero-order chi connectivity index (χ0) is 13.8. The Balaban J connectivity index is 1.88. The molecule has 0 atom stereocenters. The largest absolute Gasteiger partial charge is 0.508 e. The van der Waals surface area contributed by atoms with Gasteiger partial charge in [-0.3, -0.25) is 0 Å². The molecule has 2 aromatic rings. The first-order chi connectivity index (χ1) is 9.04. The van der Waals surface area contributed by atoms with Crippen molar-refractivity contribution in [2.45, 2.75) is 33.0 Å². The predicted molar refractivity (Wildman–Crippen MR) is 79.0 cm³/mol. The van der Waals surface area contributed by atoms with E-state index in [1.54, 1.807) is 12.1 Å². The zero-order valence-corrected chi connectivity index (χ0v) is 12.7. The highest BCUT2D eigenvalue weighted by atomic mass is 79.9. The van der Waals surface area contributed by atoms with Gasteiger partial charge in [-0.15, -0.1) is 0 Å². The molecule has 1 aromatic carbocycles. The van der Waals surface area contributed by atoms with Crippen molar-refractivity contribution in [3.63, 3.8) is 0 Å². The number of nitrogens with one attached hydrogen (secondary N) is 1. The highest BCUT2D eigenvalue weighted by molar-refractivity contribution is 9.10. The Bertz CT molecular complexity index is 531. The van der Waals surface area contributed by atoms with E-state index in [4.69, 9.17) is 0 Å². The standard InChI is InChI=1S/C14H18BrN3O/c1-10(2)18-8-13(17-9-18)7-16-6-11-3-12(15)5-14(19)4-11/h3-5,8-10,16,19H,6-7H2,1-2H3. The molecule has 0 saturated carbocycles. The first-order valence-corrected chi connectivity index (χ1v) is 7.05. The van der Waals surface area contributed by atoms with Crippen molar-refractivity contribution in [2.24, 2.45) is 0 Å². The Kier molecular flexibility index (Phi) is 4.61. The van der Waals surface area contributed by atoms with Crippen LogP contribution in [0.3, 0.4) is 0 Å². The van der Waals surface area contributed by atoms with E-state index in [0.717, 1.165) is 15.7 Å². The third-order valence-electron chi connectivity index (χ3n) is 2.83. The van der Waals surface area contributed by atoms with Crippen molar-refractivity contribution < 1.29 is 5.11 Å². The average molecular weight is 324 g/mol. The quantitative estimate of drug-likeness (QED) is 0.888. The molecule has 0 aliphatic carbocycles. The van der Waals surface area contributed by atoms with E-state index in [0.29, 0.717) is 19.1 Å². The summed E-state index contributed by atoms with van der Waals surface area (Å²) in [5.74, 6) is 0.273. The Morgan fingerprint density at radius 2 is 2.11 bits per heavy atom. The number of hydrogen-bond donors (Lipinski definition) is 2. The third kappa shape index (κ3) is 4.08. The molecule has 0 saturated heterocycles. The number of phenols is 1. The van der Waals surface area contributed by atoms with Crippen LogP contribution < -0.4 is 5.32 Å². The minimum absolute atomic E-state index is 0.273. The van der Waals surface area contributed by atoms with Gasteiger partial charge in [0.1, 0.15) is 5.75 Å². The number of phenolic OH excluding ortho intramolecular Hbond substituents is 1. The van der Waals surface area contributed by atoms with Crippen LogP contribution in [0, 0.1) is 0 Å². The molecule has 0 aliphatic heterocycles. The van der Waals surface area contributed by atoms with Crippen molar-refractivity contribution in [1.29, 1.82) is 0 Å². The zero-order valence-electron chi connectivity index (χ0n) is 11.1. The van der Waals surface area contributed by atoms with E-state index in [1.165, 1.54) is 0 Å². The lowest BCUT2D eigenvalue weighted by atomic mass is 10.2. The van der Waals surface area contributed by atoms with Gasteiger partial charge < -0.3 is 15.0 Å². The van der Waals surface area contributed by atoms with Crippen molar-refractivity contribution in [1.82, 2.24) is 14.9 Å². The van der Waals surface area contributed by atoms with Crippen LogP contribution in [0.4, 0.5) is 0 Å². The molecule has 1 aromatic heterocycles. The molecule has 0 unspecified atom stereocenters. The van der Waals surface area contributed by atoms with Crippen LogP contribution in [0.2, 0.25) is 0 Å². The van der Waals surface area contributed by atoms with Crippen molar-refractivity contribution in [2.75, 3.05) is 0 Å². The van der Waals surface area contributed by atoms with Gasteiger partial charge >= 0.3 is 0 Å². The summed E-state index contributed by atoms with van der Waals surface area (Å²) >= 11 is 3.37. The molecular weight excluding hydrogens is 306 g/mol. The van der Waals surface area contributed by atoms with Gasteiger partial charge in [-0.1, -0.05) is 15.9 Å². The van der Waals surface area contributed by atoms with Gasteiger partial charge in [0.15, 0.2) is 0 Å². The van der Waals surface area contributed by atoms with Gasteiger partial charge in [0.25, 0.3) is 0 Å². The van der Waals surface area contributed by atoms with Crippen LogP contribution in [0.15, 0.2) is 35.2 Å². The average Bonchev–Trinajstić information content (AvgIpc) is 2.76. The molecule has 0 amide bonds. The van der Waals surface area contributed by atoms with E-state index in [-0.39, 0.29) is 5.75 Å². The van der Waals surface area contributed by atoms with E-state index in [9.17, 15) is 5.11 Å². The second-order valence-corrected chi connectivity index (χ2v) is 5.74. The van der Waals surface area contributed by atoms with Gasteiger partial charge in [0.05, 0.1) is 12.0 Å². The highest BCUT2D eigenvalue weighted by Gasteiger charge is 2.02. The number of benzene rings is 1. The first-order valence-electron chi connectivity index (χ1n) is 6.26. The molecule has 2 rings (SSSR count). The first kappa shape index (κ1) is 14.1. The van der Waals surface area contributed by atoms with Crippen molar-refractivity contribution in [3.8, 4) is 5.75 Å². The molecule has 19 heavy (non-hydrogen) atoms. The summed E-state index contributed by atoms with van der Waals surface area (Å²) in [6.07, 6.45) is 3.91. The molecule has 0 bridgehead atoms. The molecule has 0 aliphatic rings. The molecule has 1 heterocycles. The van der Waals surface area contributed by atoms with Crippen LogP contribution in [-0.2, 0) is 13.1 Å². The Morgan fingerprint density at radius 1 is 1.32 bits per heavy atom. The van der Waals surface area contributed by atoms with Gasteiger partial charge in [0.2, 0.25) is 0 Å². The fourth-order valence-electron chi connectivity index (χ4n) is 1.82. The summed E-state index contributed by atoms with van der Waals surface area (Å²) in [6, 6.07) is 5.85. The minimum Gasteiger partial charge on any atom is -0.508 e. The summed E-state index contributed by atoms with van der Waals surface area (Å²) in [5.41, 5.74) is 2.06. The number of imidazole rings is 1. The number of rotatable bonds is 5. The Morgan fingerprint density at radius 3 is 2.74 bits per heavy atom. The molecule has 5 heteroatoms. The summed E-state index contributed by atoms with van der Waals surface area (Å²) in [7, 11) is 0. The van der Waals surface area contributed by atoms with Gasteiger partial charge in [0, 0.05) is 29.8 Å². The van der Waals surface area contributed by atoms with Crippen molar-refractivity contribution in [3.05, 3.63) is 46.5 Å². The number of nitrogens with zero attached hydrogens (tertiary/aromatic N) is 2. The van der Waals surface area contributed by atoms with Crippen LogP contribution in [-0.4, -0.2) is 14.7 Å². The molecular formula is C14H18BrN3O. The second kappa shape index (κ2) is 6.21. The SMILES string of the molecule is CC(C)n1cnc(CNCc2cc(O)cc(Br)c2)c1. The lowest BCUT2D eigenvalue weighted by molar-refractivity contribution is 0.473. The summed E-state index contributed by atoms with van der Waals surface area (Å²) in [6.45, 7) is 5.67. The van der Waals surface area contributed by atoms with E-state index in [2.05, 4.69) is 50.8 Å². The van der Waals surface area contributed by atoms with Crippen LogP contribution in [0.5, 0.6) is 5.75 Å². The predicted octanol–water partition coefficient (Wildman–Crippen LogP) is 3.22.